The SMILES string of the molecule is Cc1cc2c(nc1OCCCCN1CCN(c3cccc4ccccc34)CC1)NC(=O)CC2. The van der Waals surface area contributed by atoms with E-state index in [2.05, 4.69) is 68.6 Å². The standard InChI is InChI=1S/C27H32N4O2/c1-20-19-22-11-12-25(32)28-26(22)29-27(20)33-18-5-4-13-30-14-16-31(17-15-30)24-10-6-8-21-7-2-3-9-23(21)24/h2-3,6-10,19H,4-5,11-18H2,1H3,(H,28,29,32). The van der Waals surface area contributed by atoms with Crippen LogP contribution in [0.5, 0.6) is 5.88 Å². The summed E-state index contributed by atoms with van der Waals surface area (Å²) in [6.45, 7) is 8.08. The molecule has 6 heteroatoms. The first-order valence-electron chi connectivity index (χ1n) is 12.1. The molecular weight excluding hydrogens is 412 g/mol. The number of amides is 1. The number of benzene rings is 2. The zero-order valence-electron chi connectivity index (χ0n) is 19.3. The van der Waals surface area contributed by atoms with E-state index in [-0.39, 0.29) is 5.91 Å². The van der Waals surface area contributed by atoms with Gasteiger partial charge < -0.3 is 15.0 Å². The summed E-state index contributed by atoms with van der Waals surface area (Å²) in [5.41, 5.74) is 3.49. The van der Waals surface area contributed by atoms with Gasteiger partial charge in [0.05, 0.1) is 6.61 Å². The van der Waals surface area contributed by atoms with Crippen LogP contribution in [0, 0.1) is 6.92 Å². The molecule has 3 heterocycles. The van der Waals surface area contributed by atoms with Crippen molar-refractivity contribution in [1.82, 2.24) is 9.88 Å². The molecule has 2 aliphatic heterocycles. The maximum absolute atomic E-state index is 11.6. The molecule has 0 unspecified atom stereocenters. The van der Waals surface area contributed by atoms with E-state index in [1.807, 2.05) is 6.92 Å². The molecule has 2 aliphatic rings. The predicted molar refractivity (Wildman–Crippen MR) is 133 cm³/mol. The highest BCUT2D eigenvalue weighted by molar-refractivity contribution is 5.94. The minimum absolute atomic E-state index is 0.0327. The number of pyridine rings is 1. The molecule has 33 heavy (non-hydrogen) atoms. The van der Waals surface area contributed by atoms with E-state index in [9.17, 15) is 4.79 Å². The number of ether oxygens (including phenoxy) is 1. The van der Waals surface area contributed by atoms with Gasteiger partial charge >= 0.3 is 0 Å². The summed E-state index contributed by atoms with van der Waals surface area (Å²) in [6.07, 6.45) is 3.39. The molecule has 172 valence electrons. The van der Waals surface area contributed by atoms with Gasteiger partial charge in [0.15, 0.2) is 0 Å². The molecule has 2 aromatic carbocycles. The Hall–Kier alpha value is -3.12. The first-order chi connectivity index (χ1) is 16.2. The van der Waals surface area contributed by atoms with Gasteiger partial charge in [0.1, 0.15) is 5.82 Å². The van der Waals surface area contributed by atoms with Crippen LogP contribution in [0.1, 0.15) is 30.4 Å². The summed E-state index contributed by atoms with van der Waals surface area (Å²) in [5, 5.41) is 5.51. The molecule has 1 saturated heterocycles. The van der Waals surface area contributed by atoms with Gasteiger partial charge in [-0.1, -0.05) is 36.4 Å². The number of hydrogen-bond donors (Lipinski definition) is 1. The number of nitrogens with one attached hydrogen (secondary N) is 1. The van der Waals surface area contributed by atoms with Crippen molar-refractivity contribution in [2.45, 2.75) is 32.6 Å². The van der Waals surface area contributed by atoms with Crippen molar-refractivity contribution in [1.29, 1.82) is 0 Å². The van der Waals surface area contributed by atoms with Gasteiger partial charge in [-0.05, 0) is 55.8 Å². The third-order valence-electron chi connectivity index (χ3n) is 6.71. The van der Waals surface area contributed by atoms with E-state index in [0.29, 0.717) is 24.7 Å². The van der Waals surface area contributed by atoms with Gasteiger partial charge in [-0.15, -0.1) is 0 Å². The quantitative estimate of drug-likeness (QED) is 0.547. The molecule has 5 rings (SSSR count). The number of piperazine rings is 1. The van der Waals surface area contributed by atoms with Crippen LogP contribution < -0.4 is 15.0 Å². The van der Waals surface area contributed by atoms with Crippen molar-refractivity contribution in [2.75, 3.05) is 49.5 Å². The van der Waals surface area contributed by atoms with E-state index in [4.69, 9.17) is 4.74 Å². The highest BCUT2D eigenvalue weighted by atomic mass is 16.5. The van der Waals surface area contributed by atoms with Crippen molar-refractivity contribution in [3.05, 3.63) is 59.7 Å². The Balaban J connectivity index is 1.06. The van der Waals surface area contributed by atoms with Crippen LogP contribution in [0.3, 0.4) is 0 Å². The number of carbonyl (C=O) groups is 1. The number of carbonyl (C=O) groups excluding carboxylic acids is 1. The number of anilines is 2. The van der Waals surface area contributed by atoms with E-state index in [1.165, 1.54) is 16.5 Å². The highest BCUT2D eigenvalue weighted by Gasteiger charge is 2.19. The maximum atomic E-state index is 11.6. The Morgan fingerprint density at radius 3 is 2.70 bits per heavy atom. The second kappa shape index (κ2) is 9.79. The molecule has 0 aliphatic carbocycles. The second-order valence-electron chi connectivity index (χ2n) is 9.05. The summed E-state index contributed by atoms with van der Waals surface area (Å²) < 4.78 is 5.95. The van der Waals surface area contributed by atoms with Crippen LogP contribution in [0.15, 0.2) is 48.5 Å². The fourth-order valence-corrected chi connectivity index (χ4v) is 4.84. The zero-order chi connectivity index (χ0) is 22.6. The molecule has 0 spiro atoms. The van der Waals surface area contributed by atoms with Gasteiger partial charge in [0.25, 0.3) is 0 Å². The summed E-state index contributed by atoms with van der Waals surface area (Å²) in [6, 6.07) is 17.3. The predicted octanol–water partition coefficient (Wildman–Crippen LogP) is 4.41. The van der Waals surface area contributed by atoms with Gasteiger partial charge in [-0.25, -0.2) is 0 Å². The highest BCUT2D eigenvalue weighted by Crippen LogP contribution is 2.28. The van der Waals surface area contributed by atoms with E-state index >= 15 is 0 Å². The molecule has 0 bridgehead atoms. The summed E-state index contributed by atoms with van der Waals surface area (Å²) in [7, 11) is 0. The molecule has 1 aromatic heterocycles. The smallest absolute Gasteiger partial charge is 0.225 e. The van der Waals surface area contributed by atoms with Crippen LogP contribution in [0.2, 0.25) is 0 Å². The van der Waals surface area contributed by atoms with Crippen LogP contribution in [-0.2, 0) is 11.2 Å². The fourth-order valence-electron chi connectivity index (χ4n) is 4.84. The minimum Gasteiger partial charge on any atom is -0.477 e. The average molecular weight is 445 g/mol. The lowest BCUT2D eigenvalue weighted by atomic mass is 10.1. The molecule has 1 N–H and O–H groups in total. The first-order valence-corrected chi connectivity index (χ1v) is 12.1. The van der Waals surface area contributed by atoms with Gasteiger partial charge in [0, 0.05) is 49.2 Å². The lowest BCUT2D eigenvalue weighted by Crippen LogP contribution is -2.46. The van der Waals surface area contributed by atoms with Crippen LogP contribution in [0.4, 0.5) is 11.5 Å². The number of fused-ring (bicyclic) bond motifs is 2. The number of aromatic nitrogens is 1. The second-order valence-corrected chi connectivity index (χ2v) is 9.05. The normalized spacial score (nSPS) is 16.5. The lowest BCUT2D eigenvalue weighted by Gasteiger charge is -2.36. The van der Waals surface area contributed by atoms with Crippen molar-refractivity contribution in [3.8, 4) is 5.88 Å². The van der Waals surface area contributed by atoms with Gasteiger partial charge in [0.2, 0.25) is 11.8 Å². The molecule has 0 radical (unpaired) electrons. The number of unbranched alkanes of at least 4 members (excludes halogenated alkanes) is 1. The Labute approximate surface area is 195 Å². The third-order valence-corrected chi connectivity index (χ3v) is 6.71. The molecule has 3 aromatic rings. The summed E-state index contributed by atoms with van der Waals surface area (Å²) >= 11 is 0. The van der Waals surface area contributed by atoms with Crippen molar-refractivity contribution >= 4 is 28.2 Å². The summed E-state index contributed by atoms with van der Waals surface area (Å²) in [5.74, 6) is 1.33. The first kappa shape index (κ1) is 21.7. The lowest BCUT2D eigenvalue weighted by molar-refractivity contribution is -0.116. The topological polar surface area (TPSA) is 57.7 Å². The fraction of sp³-hybridized carbons (Fsp3) is 0.407. The monoisotopic (exact) mass is 444 g/mol. The van der Waals surface area contributed by atoms with Crippen LogP contribution in [-0.4, -0.2) is 55.1 Å². The molecule has 1 fully saturated rings. The van der Waals surface area contributed by atoms with Crippen LogP contribution in [0.25, 0.3) is 10.8 Å². The minimum atomic E-state index is 0.0327. The maximum Gasteiger partial charge on any atom is 0.225 e. The molecule has 6 nitrogen and oxygen atoms in total. The third kappa shape index (κ3) is 4.96. The Morgan fingerprint density at radius 1 is 1.00 bits per heavy atom. The number of rotatable bonds is 7. The van der Waals surface area contributed by atoms with Gasteiger partial charge in [-0.2, -0.15) is 4.98 Å². The Bertz CT molecular complexity index is 1130. The zero-order valence-corrected chi connectivity index (χ0v) is 19.3. The van der Waals surface area contributed by atoms with Crippen molar-refractivity contribution in [2.24, 2.45) is 0 Å². The van der Waals surface area contributed by atoms with E-state index in [1.54, 1.807) is 0 Å². The molecule has 1 amide bonds. The summed E-state index contributed by atoms with van der Waals surface area (Å²) in [4.78, 5) is 21.2. The van der Waals surface area contributed by atoms with E-state index < -0.39 is 0 Å². The number of aryl methyl sites for hydroxylation is 2. The average Bonchev–Trinajstić information content (AvgIpc) is 2.84. The van der Waals surface area contributed by atoms with E-state index in [0.717, 1.165) is 63.1 Å². The molecular formula is C27H32N4O2. The largest absolute Gasteiger partial charge is 0.477 e. The molecule has 0 saturated carbocycles. The number of hydrogen-bond acceptors (Lipinski definition) is 5. The van der Waals surface area contributed by atoms with Crippen LogP contribution >= 0.6 is 0 Å². The van der Waals surface area contributed by atoms with Crippen molar-refractivity contribution < 1.29 is 9.53 Å². The van der Waals surface area contributed by atoms with Gasteiger partial charge in [-0.3, -0.25) is 9.69 Å². The molecule has 0 atom stereocenters. The van der Waals surface area contributed by atoms with Crippen molar-refractivity contribution in [3.63, 3.8) is 0 Å². The Kier molecular flexibility index (Phi) is 6.44. The Morgan fingerprint density at radius 2 is 1.82 bits per heavy atom. The number of nitrogens with zero attached hydrogens (tertiary/aromatic N) is 3.